The molecule has 0 saturated carbocycles. The van der Waals surface area contributed by atoms with Crippen molar-refractivity contribution in [2.75, 3.05) is 19.6 Å². The summed E-state index contributed by atoms with van der Waals surface area (Å²) >= 11 is 0. The number of halogens is 3. The van der Waals surface area contributed by atoms with Gasteiger partial charge in [-0.25, -0.2) is 0 Å². The maximum atomic E-state index is 12.9. The Hall–Kier alpha value is -1.56. The Kier molecular flexibility index (Phi) is 2.38. The van der Waals surface area contributed by atoms with Crippen LogP contribution in [-0.4, -0.2) is 30.4 Å². The van der Waals surface area contributed by atoms with Crippen molar-refractivity contribution in [2.24, 2.45) is 0 Å². The van der Waals surface area contributed by atoms with Crippen LogP contribution in [0.2, 0.25) is 0 Å². The molecule has 2 heterocycles. The van der Waals surface area contributed by atoms with E-state index in [1.165, 1.54) is 11.0 Å². The van der Waals surface area contributed by atoms with E-state index in [9.17, 15) is 18.0 Å². The van der Waals surface area contributed by atoms with Crippen molar-refractivity contribution in [2.45, 2.75) is 12.2 Å². The van der Waals surface area contributed by atoms with E-state index in [4.69, 9.17) is 0 Å². The molecule has 0 aromatic heterocycles. The second kappa shape index (κ2) is 3.71. The summed E-state index contributed by atoms with van der Waals surface area (Å²) in [5, 5.41) is 3.10. The molecule has 1 atom stereocenters. The molecule has 18 heavy (non-hydrogen) atoms. The molecule has 0 radical (unpaired) electrons. The zero-order valence-electron chi connectivity index (χ0n) is 9.42. The fourth-order valence-electron chi connectivity index (χ4n) is 2.69. The van der Waals surface area contributed by atoms with E-state index in [1.807, 2.05) is 0 Å². The number of fused-ring (bicyclic) bond motifs is 3. The molecule has 0 bridgehead atoms. The van der Waals surface area contributed by atoms with Gasteiger partial charge >= 0.3 is 6.18 Å². The Morgan fingerprint density at radius 3 is 2.83 bits per heavy atom. The van der Waals surface area contributed by atoms with Crippen LogP contribution in [0.3, 0.4) is 0 Å². The van der Waals surface area contributed by atoms with E-state index in [1.54, 1.807) is 6.07 Å². The van der Waals surface area contributed by atoms with Gasteiger partial charge in [-0.2, -0.15) is 13.2 Å². The van der Waals surface area contributed by atoms with Crippen LogP contribution in [-0.2, 0) is 6.18 Å². The van der Waals surface area contributed by atoms with Crippen molar-refractivity contribution < 1.29 is 18.0 Å². The Bertz CT molecular complexity index is 513. The third kappa shape index (κ3) is 1.52. The minimum atomic E-state index is -4.48. The number of alkyl halides is 3. The van der Waals surface area contributed by atoms with Crippen LogP contribution in [0, 0.1) is 0 Å². The van der Waals surface area contributed by atoms with E-state index in [-0.39, 0.29) is 11.6 Å². The lowest BCUT2D eigenvalue weighted by Gasteiger charge is -2.30. The summed E-state index contributed by atoms with van der Waals surface area (Å²) in [7, 11) is 0. The summed E-state index contributed by atoms with van der Waals surface area (Å²) in [6.07, 6.45) is -4.48. The van der Waals surface area contributed by atoms with Crippen molar-refractivity contribution in [1.82, 2.24) is 10.2 Å². The van der Waals surface area contributed by atoms with Gasteiger partial charge in [-0.05, 0) is 11.6 Å². The van der Waals surface area contributed by atoms with Gasteiger partial charge in [0, 0.05) is 19.6 Å². The van der Waals surface area contributed by atoms with Crippen molar-refractivity contribution in [3.05, 3.63) is 34.9 Å². The lowest BCUT2D eigenvalue weighted by atomic mass is 9.99. The monoisotopic (exact) mass is 256 g/mol. The van der Waals surface area contributed by atoms with Gasteiger partial charge in [0.25, 0.3) is 5.91 Å². The van der Waals surface area contributed by atoms with Crippen LogP contribution in [0.15, 0.2) is 18.2 Å². The molecule has 0 unspecified atom stereocenters. The molecule has 3 rings (SSSR count). The molecular formula is C12H11F3N2O. The molecule has 96 valence electrons. The van der Waals surface area contributed by atoms with E-state index in [0.29, 0.717) is 25.2 Å². The fourth-order valence-corrected chi connectivity index (χ4v) is 2.69. The Balaban J connectivity index is 2.16. The maximum absolute atomic E-state index is 12.9. The molecule has 2 aliphatic rings. The molecule has 1 fully saturated rings. The third-order valence-electron chi connectivity index (χ3n) is 3.48. The fraction of sp³-hybridized carbons (Fsp3) is 0.417. The van der Waals surface area contributed by atoms with Crippen LogP contribution in [0.5, 0.6) is 0 Å². The molecule has 6 heteroatoms. The highest BCUT2D eigenvalue weighted by Crippen LogP contribution is 2.41. The number of piperazine rings is 1. The Morgan fingerprint density at radius 1 is 1.33 bits per heavy atom. The highest BCUT2D eigenvalue weighted by atomic mass is 19.4. The van der Waals surface area contributed by atoms with E-state index < -0.39 is 17.6 Å². The standard InChI is InChI=1S/C12H11F3N2O/c13-12(14,15)8-3-1-2-7-9-6-16-4-5-17(9)11(18)10(7)8/h1-3,9,16H,4-6H2/t9-/m0/s1. The Labute approximate surface area is 102 Å². The van der Waals surface area contributed by atoms with Crippen LogP contribution in [0.4, 0.5) is 13.2 Å². The molecule has 1 amide bonds. The number of benzene rings is 1. The largest absolute Gasteiger partial charge is 0.417 e. The molecule has 1 N–H and O–H groups in total. The van der Waals surface area contributed by atoms with Crippen LogP contribution in [0.25, 0.3) is 0 Å². The molecule has 0 aliphatic carbocycles. The number of hydrogen-bond donors (Lipinski definition) is 1. The summed E-state index contributed by atoms with van der Waals surface area (Å²) in [6, 6.07) is 3.69. The summed E-state index contributed by atoms with van der Waals surface area (Å²) in [6.45, 7) is 1.59. The highest BCUT2D eigenvalue weighted by Gasteiger charge is 2.44. The molecule has 1 aromatic carbocycles. The molecule has 3 nitrogen and oxygen atoms in total. The third-order valence-corrected chi connectivity index (χ3v) is 3.48. The van der Waals surface area contributed by atoms with Gasteiger partial charge < -0.3 is 10.2 Å². The molecule has 1 aromatic rings. The minimum absolute atomic E-state index is 0.168. The Morgan fingerprint density at radius 2 is 2.11 bits per heavy atom. The first-order valence-electron chi connectivity index (χ1n) is 5.72. The predicted molar refractivity (Wildman–Crippen MR) is 58.1 cm³/mol. The number of carbonyl (C=O) groups is 1. The first-order chi connectivity index (χ1) is 8.50. The van der Waals surface area contributed by atoms with Gasteiger partial charge in [-0.3, -0.25) is 4.79 Å². The van der Waals surface area contributed by atoms with Crippen LogP contribution < -0.4 is 5.32 Å². The van der Waals surface area contributed by atoms with Gasteiger partial charge in [0.2, 0.25) is 0 Å². The van der Waals surface area contributed by atoms with Crippen molar-refractivity contribution in [3.63, 3.8) is 0 Å². The van der Waals surface area contributed by atoms with Gasteiger partial charge in [0.15, 0.2) is 0 Å². The van der Waals surface area contributed by atoms with E-state index in [2.05, 4.69) is 5.32 Å². The number of nitrogens with zero attached hydrogens (tertiary/aromatic N) is 1. The number of rotatable bonds is 0. The normalized spacial score (nSPS) is 22.9. The van der Waals surface area contributed by atoms with Crippen molar-refractivity contribution in [3.8, 4) is 0 Å². The second-order valence-corrected chi connectivity index (χ2v) is 4.49. The van der Waals surface area contributed by atoms with E-state index >= 15 is 0 Å². The predicted octanol–water partition coefficient (Wildman–Crippen LogP) is 1.81. The quantitative estimate of drug-likeness (QED) is 0.767. The average molecular weight is 256 g/mol. The van der Waals surface area contributed by atoms with Gasteiger partial charge in [-0.1, -0.05) is 12.1 Å². The van der Waals surface area contributed by atoms with Gasteiger partial charge in [-0.15, -0.1) is 0 Å². The first kappa shape index (κ1) is 11.5. The van der Waals surface area contributed by atoms with E-state index in [0.717, 1.165) is 6.07 Å². The van der Waals surface area contributed by atoms with Crippen molar-refractivity contribution in [1.29, 1.82) is 0 Å². The molecule has 0 spiro atoms. The summed E-state index contributed by atoms with van der Waals surface area (Å²) in [5.41, 5.74) is -0.500. The summed E-state index contributed by atoms with van der Waals surface area (Å²) in [5.74, 6) is -0.496. The number of nitrogens with one attached hydrogen (secondary N) is 1. The molecule has 1 saturated heterocycles. The zero-order valence-corrected chi connectivity index (χ0v) is 9.42. The summed E-state index contributed by atoms with van der Waals surface area (Å²) in [4.78, 5) is 13.6. The maximum Gasteiger partial charge on any atom is 0.417 e. The second-order valence-electron chi connectivity index (χ2n) is 4.49. The number of amides is 1. The molecular weight excluding hydrogens is 245 g/mol. The summed E-state index contributed by atoms with van der Waals surface area (Å²) < 4.78 is 38.7. The first-order valence-corrected chi connectivity index (χ1v) is 5.72. The smallest absolute Gasteiger partial charge is 0.329 e. The average Bonchev–Trinajstić information content (AvgIpc) is 2.63. The SMILES string of the molecule is O=C1c2c(cccc2C(F)(F)F)[C@@H]2CNCCN12. The lowest BCUT2D eigenvalue weighted by molar-refractivity contribution is -0.137. The van der Waals surface area contributed by atoms with Gasteiger partial charge in [0.1, 0.15) is 0 Å². The lowest BCUT2D eigenvalue weighted by Crippen LogP contribution is -2.44. The van der Waals surface area contributed by atoms with Gasteiger partial charge in [0.05, 0.1) is 17.2 Å². The van der Waals surface area contributed by atoms with Crippen LogP contribution >= 0.6 is 0 Å². The topological polar surface area (TPSA) is 32.3 Å². The zero-order chi connectivity index (χ0) is 12.9. The van der Waals surface area contributed by atoms with Crippen molar-refractivity contribution >= 4 is 5.91 Å². The molecule has 2 aliphatic heterocycles. The van der Waals surface area contributed by atoms with Crippen LogP contribution in [0.1, 0.15) is 27.5 Å². The highest BCUT2D eigenvalue weighted by molar-refractivity contribution is 6.01. The minimum Gasteiger partial charge on any atom is -0.329 e. The number of hydrogen-bond acceptors (Lipinski definition) is 2. The number of carbonyl (C=O) groups excluding carboxylic acids is 1.